The number of aromatic nitrogens is 1. The van der Waals surface area contributed by atoms with Gasteiger partial charge in [-0.15, -0.1) is 0 Å². The first-order valence-electron chi connectivity index (χ1n) is 5.29. The quantitative estimate of drug-likeness (QED) is 0.762. The lowest BCUT2D eigenvalue weighted by atomic mass is 10.2. The van der Waals surface area contributed by atoms with E-state index in [0.29, 0.717) is 19.0 Å². The SMILES string of the molecule is NCCCOc1cccc2ccc(N)nc12. The lowest BCUT2D eigenvalue weighted by Gasteiger charge is -2.08. The summed E-state index contributed by atoms with van der Waals surface area (Å²) in [4.78, 5) is 4.28. The molecule has 0 aliphatic heterocycles. The zero-order chi connectivity index (χ0) is 11.4. The molecule has 0 amide bonds. The van der Waals surface area contributed by atoms with Gasteiger partial charge in [0.15, 0.2) is 0 Å². The number of hydrogen-bond acceptors (Lipinski definition) is 4. The van der Waals surface area contributed by atoms with Crippen molar-refractivity contribution in [1.29, 1.82) is 0 Å². The van der Waals surface area contributed by atoms with Crippen LogP contribution in [0, 0.1) is 0 Å². The molecule has 1 aromatic heterocycles. The summed E-state index contributed by atoms with van der Waals surface area (Å²) in [6.07, 6.45) is 0.832. The van der Waals surface area contributed by atoms with E-state index in [1.54, 1.807) is 6.07 Å². The summed E-state index contributed by atoms with van der Waals surface area (Å²) in [7, 11) is 0. The van der Waals surface area contributed by atoms with E-state index in [1.165, 1.54) is 0 Å². The van der Waals surface area contributed by atoms with E-state index in [4.69, 9.17) is 16.2 Å². The van der Waals surface area contributed by atoms with Gasteiger partial charge in [-0.3, -0.25) is 0 Å². The Morgan fingerprint density at radius 2 is 2.06 bits per heavy atom. The van der Waals surface area contributed by atoms with Gasteiger partial charge in [-0.25, -0.2) is 4.98 Å². The van der Waals surface area contributed by atoms with Crippen LogP contribution in [-0.4, -0.2) is 18.1 Å². The Kier molecular flexibility index (Phi) is 3.22. The smallest absolute Gasteiger partial charge is 0.145 e. The number of hydrogen-bond donors (Lipinski definition) is 2. The van der Waals surface area contributed by atoms with E-state index in [1.807, 2.05) is 24.3 Å². The van der Waals surface area contributed by atoms with Crippen molar-refractivity contribution in [2.24, 2.45) is 5.73 Å². The van der Waals surface area contributed by atoms with E-state index in [0.717, 1.165) is 23.1 Å². The molecule has 16 heavy (non-hydrogen) atoms. The van der Waals surface area contributed by atoms with Crippen molar-refractivity contribution in [1.82, 2.24) is 4.98 Å². The van der Waals surface area contributed by atoms with Crippen LogP contribution >= 0.6 is 0 Å². The Balaban J connectivity index is 2.32. The maximum Gasteiger partial charge on any atom is 0.145 e. The Bertz CT molecular complexity index is 485. The largest absolute Gasteiger partial charge is 0.491 e. The molecule has 1 aromatic carbocycles. The van der Waals surface area contributed by atoms with Gasteiger partial charge in [-0.1, -0.05) is 12.1 Å². The van der Waals surface area contributed by atoms with Gasteiger partial charge < -0.3 is 16.2 Å². The number of nitrogen functional groups attached to an aromatic ring is 1. The van der Waals surface area contributed by atoms with Crippen molar-refractivity contribution >= 4 is 16.7 Å². The van der Waals surface area contributed by atoms with Gasteiger partial charge in [0.2, 0.25) is 0 Å². The average molecular weight is 217 g/mol. The van der Waals surface area contributed by atoms with E-state index in [-0.39, 0.29) is 0 Å². The first-order chi connectivity index (χ1) is 7.81. The molecule has 0 aliphatic carbocycles. The molecule has 4 nitrogen and oxygen atoms in total. The molecule has 0 unspecified atom stereocenters. The van der Waals surface area contributed by atoms with E-state index >= 15 is 0 Å². The predicted octanol–water partition coefficient (Wildman–Crippen LogP) is 1.54. The highest BCUT2D eigenvalue weighted by Gasteiger charge is 2.03. The number of rotatable bonds is 4. The van der Waals surface area contributed by atoms with Gasteiger partial charge in [-0.2, -0.15) is 0 Å². The van der Waals surface area contributed by atoms with Crippen molar-refractivity contribution in [3.63, 3.8) is 0 Å². The summed E-state index contributed by atoms with van der Waals surface area (Å²) in [5, 5.41) is 1.03. The highest BCUT2D eigenvalue weighted by Crippen LogP contribution is 2.24. The Labute approximate surface area is 94.2 Å². The number of anilines is 1. The molecule has 0 fully saturated rings. The first-order valence-corrected chi connectivity index (χ1v) is 5.29. The zero-order valence-corrected chi connectivity index (χ0v) is 9.02. The Morgan fingerprint density at radius 3 is 2.88 bits per heavy atom. The summed E-state index contributed by atoms with van der Waals surface area (Å²) in [5.41, 5.74) is 11.9. The van der Waals surface area contributed by atoms with Crippen molar-refractivity contribution in [3.05, 3.63) is 30.3 Å². The summed E-state index contributed by atoms with van der Waals surface area (Å²) in [6.45, 7) is 1.23. The highest BCUT2D eigenvalue weighted by atomic mass is 16.5. The summed E-state index contributed by atoms with van der Waals surface area (Å²) in [6, 6.07) is 9.54. The third-order valence-electron chi connectivity index (χ3n) is 2.31. The molecule has 2 rings (SSSR count). The zero-order valence-electron chi connectivity index (χ0n) is 9.02. The minimum absolute atomic E-state index is 0.502. The third-order valence-corrected chi connectivity index (χ3v) is 2.31. The molecule has 0 bridgehead atoms. The maximum atomic E-state index is 5.66. The molecular weight excluding hydrogens is 202 g/mol. The molecule has 84 valence electrons. The Hall–Kier alpha value is -1.81. The van der Waals surface area contributed by atoms with Crippen LogP contribution in [0.5, 0.6) is 5.75 Å². The highest BCUT2D eigenvalue weighted by molar-refractivity contribution is 5.85. The minimum Gasteiger partial charge on any atom is -0.491 e. The molecule has 0 radical (unpaired) electrons. The topological polar surface area (TPSA) is 74.2 Å². The number of pyridine rings is 1. The van der Waals surface area contributed by atoms with Crippen LogP contribution in [0.4, 0.5) is 5.82 Å². The lowest BCUT2D eigenvalue weighted by molar-refractivity contribution is 0.316. The fourth-order valence-electron chi connectivity index (χ4n) is 1.52. The standard InChI is InChI=1S/C12H15N3O/c13-7-2-8-16-10-4-1-3-9-5-6-11(14)15-12(9)10/h1,3-6H,2,7-8,13H2,(H2,14,15). The minimum atomic E-state index is 0.502. The van der Waals surface area contributed by atoms with E-state index < -0.39 is 0 Å². The van der Waals surface area contributed by atoms with Crippen molar-refractivity contribution in [2.45, 2.75) is 6.42 Å². The number of para-hydroxylation sites is 1. The van der Waals surface area contributed by atoms with Gasteiger partial charge in [0.1, 0.15) is 17.1 Å². The van der Waals surface area contributed by atoms with Crippen molar-refractivity contribution in [2.75, 3.05) is 18.9 Å². The number of nitrogens with zero attached hydrogens (tertiary/aromatic N) is 1. The van der Waals surface area contributed by atoms with Crippen LogP contribution in [0.15, 0.2) is 30.3 Å². The molecule has 0 atom stereocenters. The van der Waals surface area contributed by atoms with Gasteiger partial charge in [0.25, 0.3) is 0 Å². The number of ether oxygens (including phenoxy) is 1. The number of benzene rings is 1. The van der Waals surface area contributed by atoms with Gasteiger partial charge in [-0.05, 0) is 31.2 Å². The van der Waals surface area contributed by atoms with Crippen molar-refractivity contribution < 1.29 is 4.74 Å². The molecule has 0 spiro atoms. The summed E-state index contributed by atoms with van der Waals surface area (Å²) in [5.74, 6) is 1.26. The molecular formula is C12H15N3O. The summed E-state index contributed by atoms with van der Waals surface area (Å²) >= 11 is 0. The molecule has 0 saturated carbocycles. The van der Waals surface area contributed by atoms with Crippen LogP contribution in [0.25, 0.3) is 10.9 Å². The van der Waals surface area contributed by atoms with Crippen LogP contribution in [0.1, 0.15) is 6.42 Å². The van der Waals surface area contributed by atoms with Crippen LogP contribution in [-0.2, 0) is 0 Å². The van der Waals surface area contributed by atoms with E-state index in [9.17, 15) is 0 Å². The van der Waals surface area contributed by atoms with Gasteiger partial charge in [0.05, 0.1) is 6.61 Å². The molecule has 2 aromatic rings. The van der Waals surface area contributed by atoms with Crippen LogP contribution in [0.3, 0.4) is 0 Å². The molecule has 0 aliphatic rings. The van der Waals surface area contributed by atoms with Crippen molar-refractivity contribution in [3.8, 4) is 5.75 Å². The second-order valence-corrected chi connectivity index (χ2v) is 3.55. The predicted molar refractivity (Wildman–Crippen MR) is 65.3 cm³/mol. The fourth-order valence-corrected chi connectivity index (χ4v) is 1.52. The Morgan fingerprint density at radius 1 is 1.19 bits per heavy atom. The normalized spacial score (nSPS) is 10.6. The second kappa shape index (κ2) is 4.81. The lowest BCUT2D eigenvalue weighted by Crippen LogP contribution is -2.06. The number of nitrogens with two attached hydrogens (primary N) is 2. The molecule has 4 N–H and O–H groups in total. The second-order valence-electron chi connectivity index (χ2n) is 3.55. The fraction of sp³-hybridized carbons (Fsp3) is 0.250. The maximum absolute atomic E-state index is 5.66. The average Bonchev–Trinajstić information content (AvgIpc) is 2.30. The van der Waals surface area contributed by atoms with Crippen LogP contribution in [0.2, 0.25) is 0 Å². The van der Waals surface area contributed by atoms with Gasteiger partial charge in [0, 0.05) is 5.39 Å². The van der Waals surface area contributed by atoms with Gasteiger partial charge >= 0.3 is 0 Å². The summed E-state index contributed by atoms with van der Waals surface area (Å²) < 4.78 is 5.62. The van der Waals surface area contributed by atoms with E-state index in [2.05, 4.69) is 4.98 Å². The van der Waals surface area contributed by atoms with Crippen LogP contribution < -0.4 is 16.2 Å². The molecule has 0 saturated heterocycles. The monoisotopic (exact) mass is 217 g/mol. The number of fused-ring (bicyclic) bond motifs is 1. The molecule has 4 heteroatoms. The molecule has 1 heterocycles. The third kappa shape index (κ3) is 2.23. The first kappa shape index (κ1) is 10.7.